The first kappa shape index (κ1) is 26.9. The molecule has 0 aliphatic rings. The lowest BCUT2D eigenvalue weighted by Gasteiger charge is -2.40. The fourth-order valence-corrected chi connectivity index (χ4v) is 5.05. The lowest BCUT2D eigenvalue weighted by molar-refractivity contribution is 0.166. The summed E-state index contributed by atoms with van der Waals surface area (Å²) in [5, 5.41) is 12.4. The average molecular weight is 515 g/mol. The normalized spacial score (nSPS) is 13.9. The van der Waals surface area contributed by atoms with Gasteiger partial charge in [-0.1, -0.05) is 38.4 Å². The van der Waals surface area contributed by atoms with Crippen molar-refractivity contribution in [2.24, 2.45) is 0 Å². The third-order valence-corrected chi connectivity index (χ3v) is 11.7. The van der Waals surface area contributed by atoms with Gasteiger partial charge in [0, 0.05) is 11.3 Å². The van der Waals surface area contributed by atoms with Crippen LogP contribution < -0.4 is 5.32 Å². The van der Waals surface area contributed by atoms with Gasteiger partial charge in [-0.15, -0.1) is 10.2 Å². The molecule has 35 heavy (non-hydrogen) atoms. The van der Waals surface area contributed by atoms with Crippen molar-refractivity contribution >= 4 is 31.3 Å². The van der Waals surface area contributed by atoms with E-state index < -0.39 is 14.4 Å². The fourth-order valence-electron chi connectivity index (χ4n) is 3.43. The molecule has 3 rings (SSSR count). The summed E-state index contributed by atoms with van der Waals surface area (Å²) in [6.45, 7) is 23.8. The van der Waals surface area contributed by atoms with Crippen LogP contribution in [0.25, 0.3) is 16.3 Å². The van der Waals surface area contributed by atoms with Crippen molar-refractivity contribution in [2.45, 2.75) is 71.8 Å². The molecule has 0 aliphatic carbocycles. The van der Waals surface area contributed by atoms with Crippen molar-refractivity contribution in [3.8, 4) is 11.5 Å². The van der Waals surface area contributed by atoms with Crippen LogP contribution in [0.5, 0.6) is 0 Å². The zero-order chi connectivity index (χ0) is 26.1. The number of aryl methyl sites for hydroxylation is 1. The second-order valence-corrected chi connectivity index (χ2v) is 15.4. The van der Waals surface area contributed by atoms with E-state index in [1.807, 2.05) is 19.9 Å². The molecular weight excluding hydrogens is 483 g/mol. The van der Waals surface area contributed by atoms with E-state index in [0.717, 1.165) is 11.3 Å². The minimum atomic E-state index is -2.13. The molecule has 0 bridgehead atoms. The molecule has 6 nitrogen and oxygen atoms in total. The number of aromatic nitrogens is 2. The molecule has 186 valence electrons. The molecule has 1 N–H and O–H groups in total. The van der Waals surface area contributed by atoms with Crippen LogP contribution in [-0.4, -0.2) is 24.6 Å². The Morgan fingerprint density at radius 2 is 1.86 bits per heavy atom. The Hall–Kier alpha value is -2.73. The summed E-state index contributed by atoms with van der Waals surface area (Å²) in [5.41, 5.74) is 3.02. The van der Waals surface area contributed by atoms with Gasteiger partial charge in [-0.2, -0.15) is 0 Å². The van der Waals surface area contributed by atoms with Crippen LogP contribution in [0.2, 0.25) is 23.2 Å². The van der Waals surface area contributed by atoms with Crippen molar-refractivity contribution in [1.82, 2.24) is 10.2 Å². The molecular formula is C26H32ClFN4O2Si. The smallest absolute Gasteiger partial charge is 0.247 e. The zero-order valence-electron chi connectivity index (χ0n) is 21.5. The lowest BCUT2D eigenvalue weighted by atomic mass is 10.1. The molecule has 2 aromatic carbocycles. The highest BCUT2D eigenvalue weighted by atomic mass is 35.5. The highest BCUT2D eigenvalue weighted by molar-refractivity contribution is 6.74. The summed E-state index contributed by atoms with van der Waals surface area (Å²) >= 11 is 6.43. The summed E-state index contributed by atoms with van der Waals surface area (Å²) in [7, 11) is -2.13. The molecule has 1 heterocycles. The van der Waals surface area contributed by atoms with Gasteiger partial charge >= 0.3 is 0 Å². The lowest BCUT2D eigenvalue weighted by Crippen LogP contribution is -2.45. The SMILES string of the molecule is [C-]#[N+]c1ccc(NC(c2nnc(-c3ccc(F)c(C)c3)o2)[C@@H](C)O[Si](C)(C)C(C)(C)C)c(C)c1Cl. The van der Waals surface area contributed by atoms with E-state index in [-0.39, 0.29) is 17.0 Å². The Morgan fingerprint density at radius 1 is 1.17 bits per heavy atom. The molecule has 1 unspecified atom stereocenters. The summed E-state index contributed by atoms with van der Waals surface area (Å²) in [6, 6.07) is 7.70. The van der Waals surface area contributed by atoms with Crippen LogP contribution in [0.15, 0.2) is 34.7 Å². The summed E-state index contributed by atoms with van der Waals surface area (Å²) in [6.07, 6.45) is -0.321. The molecule has 0 saturated heterocycles. The van der Waals surface area contributed by atoms with E-state index >= 15 is 0 Å². The predicted molar refractivity (Wildman–Crippen MR) is 141 cm³/mol. The van der Waals surface area contributed by atoms with E-state index in [9.17, 15) is 4.39 Å². The molecule has 0 amide bonds. The quantitative estimate of drug-likeness (QED) is 0.254. The van der Waals surface area contributed by atoms with E-state index in [0.29, 0.717) is 33.6 Å². The molecule has 2 atom stereocenters. The molecule has 0 radical (unpaired) electrons. The number of nitrogens with one attached hydrogen (secondary N) is 1. The Bertz CT molecular complexity index is 1260. The van der Waals surface area contributed by atoms with Crippen molar-refractivity contribution in [3.63, 3.8) is 0 Å². The summed E-state index contributed by atoms with van der Waals surface area (Å²) in [5.74, 6) is 0.352. The maximum absolute atomic E-state index is 13.8. The Kier molecular flexibility index (Phi) is 7.75. The second kappa shape index (κ2) is 10.1. The van der Waals surface area contributed by atoms with E-state index in [1.165, 1.54) is 6.07 Å². The van der Waals surface area contributed by atoms with Gasteiger partial charge in [0.1, 0.15) is 11.9 Å². The molecule has 3 aromatic rings. The molecule has 9 heteroatoms. The third kappa shape index (κ3) is 5.75. The zero-order valence-corrected chi connectivity index (χ0v) is 23.2. The first-order valence-electron chi connectivity index (χ1n) is 11.5. The maximum atomic E-state index is 13.8. The monoisotopic (exact) mass is 514 g/mol. The molecule has 0 saturated carbocycles. The largest absolute Gasteiger partial charge is 0.418 e. The minimum absolute atomic E-state index is 0.00789. The van der Waals surface area contributed by atoms with Crippen LogP contribution in [0.3, 0.4) is 0 Å². The highest BCUT2D eigenvalue weighted by Crippen LogP contribution is 2.40. The number of benzene rings is 2. The molecule has 0 aliphatic heterocycles. The first-order chi connectivity index (χ1) is 16.2. The van der Waals surface area contributed by atoms with Gasteiger partial charge in [-0.05, 0) is 74.3 Å². The van der Waals surface area contributed by atoms with Crippen LogP contribution in [0.4, 0.5) is 15.8 Å². The topological polar surface area (TPSA) is 64.5 Å². The number of hydrogen-bond acceptors (Lipinski definition) is 5. The van der Waals surface area contributed by atoms with E-state index in [1.54, 1.807) is 25.1 Å². The summed E-state index contributed by atoms with van der Waals surface area (Å²) in [4.78, 5) is 3.47. The maximum Gasteiger partial charge on any atom is 0.247 e. The summed E-state index contributed by atoms with van der Waals surface area (Å²) < 4.78 is 26.5. The van der Waals surface area contributed by atoms with Crippen molar-refractivity contribution in [2.75, 3.05) is 5.32 Å². The van der Waals surface area contributed by atoms with Gasteiger partial charge < -0.3 is 14.2 Å². The highest BCUT2D eigenvalue weighted by Gasteiger charge is 2.41. The van der Waals surface area contributed by atoms with Crippen LogP contribution >= 0.6 is 11.6 Å². The van der Waals surface area contributed by atoms with Gasteiger partial charge in [0.05, 0.1) is 17.7 Å². The van der Waals surface area contributed by atoms with Crippen molar-refractivity contribution in [3.05, 3.63) is 69.6 Å². The average Bonchev–Trinajstić information content (AvgIpc) is 3.25. The van der Waals surface area contributed by atoms with Crippen molar-refractivity contribution < 1.29 is 13.2 Å². The molecule has 0 fully saturated rings. The predicted octanol–water partition coefficient (Wildman–Crippen LogP) is 8.26. The molecule has 0 spiro atoms. The first-order valence-corrected chi connectivity index (χ1v) is 14.7. The van der Waals surface area contributed by atoms with Crippen LogP contribution in [0.1, 0.15) is 50.8 Å². The minimum Gasteiger partial charge on any atom is -0.418 e. The Balaban J connectivity index is 2.02. The number of halogens is 2. The second-order valence-electron chi connectivity index (χ2n) is 10.3. The Labute approximate surface area is 212 Å². The van der Waals surface area contributed by atoms with E-state index in [2.05, 4.69) is 54.2 Å². The fraction of sp³-hybridized carbons (Fsp3) is 0.423. The van der Waals surface area contributed by atoms with Crippen LogP contribution in [-0.2, 0) is 4.43 Å². The van der Waals surface area contributed by atoms with Gasteiger partial charge in [-0.25, -0.2) is 9.24 Å². The number of hydrogen-bond donors (Lipinski definition) is 1. The number of rotatable bonds is 7. The number of anilines is 1. The van der Waals surface area contributed by atoms with Gasteiger partial charge in [-0.3, -0.25) is 0 Å². The standard InChI is InChI=1S/C26H32ClFN4O2Si/c1-15-14-18(10-11-19(15)28)24-31-32-25(33-24)23(17(3)34-35(8,9)26(4,5)6)30-20-12-13-21(29-7)22(27)16(20)2/h10-14,17,23,30H,1-6,8-9H3/t17-,23?/m1/s1. The Morgan fingerprint density at radius 3 is 2.46 bits per heavy atom. The van der Waals surface area contributed by atoms with Gasteiger partial charge in [0.15, 0.2) is 8.32 Å². The van der Waals surface area contributed by atoms with E-state index in [4.69, 9.17) is 27.0 Å². The van der Waals surface area contributed by atoms with Gasteiger partial charge in [0.2, 0.25) is 17.5 Å². The van der Waals surface area contributed by atoms with Crippen LogP contribution in [0, 0.1) is 26.2 Å². The number of nitrogens with zero attached hydrogens (tertiary/aromatic N) is 3. The molecule has 1 aromatic heterocycles. The van der Waals surface area contributed by atoms with Crippen molar-refractivity contribution in [1.29, 1.82) is 0 Å². The third-order valence-electron chi connectivity index (χ3n) is 6.67. The van der Waals surface area contributed by atoms with Gasteiger partial charge in [0.25, 0.3) is 0 Å².